The van der Waals surface area contributed by atoms with Gasteiger partial charge in [-0.1, -0.05) is 29.5 Å². The number of benzene rings is 2. The number of nitrogens with zero attached hydrogens (tertiary/aromatic N) is 8. The normalized spacial score (nSPS) is 18.8. The topological polar surface area (TPSA) is 103 Å². The first-order valence-corrected chi connectivity index (χ1v) is 16.4. The SMILES string of the molecule is COC/C=C/C(=O)N1CCC(n2nnc3c(O[C@@H](C)C4CCCN4C)nc4c(F)c(-c5nn(C)c6ccccc56)c(C)cc4c32)CC1. The highest BCUT2D eigenvalue weighted by Crippen LogP contribution is 2.40. The monoisotopic (exact) mass is 640 g/mol. The number of hydrogen-bond acceptors (Lipinski definition) is 8. The highest BCUT2D eigenvalue weighted by atomic mass is 19.1. The molecule has 2 aromatic carbocycles. The van der Waals surface area contributed by atoms with E-state index in [1.807, 2.05) is 60.8 Å². The Balaban J connectivity index is 1.34. The van der Waals surface area contributed by atoms with Crippen LogP contribution in [0, 0.1) is 12.7 Å². The summed E-state index contributed by atoms with van der Waals surface area (Å²) in [4.78, 5) is 21.7. The number of hydrogen-bond donors (Lipinski definition) is 0. The van der Waals surface area contributed by atoms with Gasteiger partial charge in [0.2, 0.25) is 11.8 Å². The van der Waals surface area contributed by atoms with Crippen LogP contribution in [0.3, 0.4) is 0 Å². The van der Waals surface area contributed by atoms with Crippen molar-refractivity contribution in [1.82, 2.24) is 39.6 Å². The molecular weight excluding hydrogens is 599 g/mol. The molecule has 0 saturated carbocycles. The predicted molar refractivity (Wildman–Crippen MR) is 179 cm³/mol. The summed E-state index contributed by atoms with van der Waals surface area (Å²) in [5.74, 6) is -0.202. The van der Waals surface area contributed by atoms with Crippen molar-refractivity contribution in [2.75, 3.05) is 40.4 Å². The molecule has 11 nitrogen and oxygen atoms in total. The number of ether oxygens (including phenoxy) is 2. The number of likely N-dealkylation sites (tertiary alicyclic amines) is 2. The van der Waals surface area contributed by atoms with Crippen molar-refractivity contribution < 1.29 is 18.7 Å². The molecule has 5 aromatic rings. The second-order valence-corrected chi connectivity index (χ2v) is 12.8. The average molecular weight is 641 g/mol. The molecule has 1 amide bonds. The highest BCUT2D eigenvalue weighted by molar-refractivity contribution is 6.07. The van der Waals surface area contributed by atoms with Crippen LogP contribution < -0.4 is 4.74 Å². The molecule has 47 heavy (non-hydrogen) atoms. The summed E-state index contributed by atoms with van der Waals surface area (Å²) < 4.78 is 32.3. The maximum absolute atomic E-state index is 17.0. The third-order valence-electron chi connectivity index (χ3n) is 9.86. The van der Waals surface area contributed by atoms with Crippen molar-refractivity contribution in [3.63, 3.8) is 0 Å². The number of likely N-dealkylation sites (N-methyl/N-ethyl adjacent to an activating group) is 1. The fourth-order valence-electron chi connectivity index (χ4n) is 7.39. The molecule has 2 aliphatic rings. The van der Waals surface area contributed by atoms with Gasteiger partial charge in [-0.15, -0.1) is 5.10 Å². The van der Waals surface area contributed by atoms with Gasteiger partial charge in [-0.25, -0.2) is 14.1 Å². The van der Waals surface area contributed by atoms with Gasteiger partial charge < -0.3 is 14.4 Å². The molecule has 2 fully saturated rings. The molecule has 2 aliphatic heterocycles. The number of fused-ring (bicyclic) bond motifs is 4. The Bertz CT molecular complexity index is 1990. The number of amides is 1. The van der Waals surface area contributed by atoms with Gasteiger partial charge in [-0.3, -0.25) is 14.4 Å². The van der Waals surface area contributed by atoms with Crippen molar-refractivity contribution in [1.29, 1.82) is 0 Å². The molecule has 0 bridgehead atoms. The van der Waals surface area contributed by atoms with Crippen LogP contribution in [0.4, 0.5) is 4.39 Å². The Hall–Kier alpha value is -4.42. The van der Waals surface area contributed by atoms with Gasteiger partial charge in [0.05, 0.1) is 18.2 Å². The van der Waals surface area contributed by atoms with Crippen LogP contribution in [0.5, 0.6) is 5.88 Å². The summed E-state index contributed by atoms with van der Waals surface area (Å²) in [6, 6.07) is 10.0. The molecule has 246 valence electrons. The second-order valence-electron chi connectivity index (χ2n) is 12.8. The number of carbonyl (C=O) groups excluding carboxylic acids is 1. The minimum Gasteiger partial charge on any atom is -0.471 e. The van der Waals surface area contributed by atoms with Crippen LogP contribution in [0.15, 0.2) is 42.5 Å². The lowest BCUT2D eigenvalue weighted by atomic mass is 9.98. The third kappa shape index (κ3) is 5.53. The van der Waals surface area contributed by atoms with Gasteiger partial charge >= 0.3 is 0 Å². The van der Waals surface area contributed by atoms with Crippen LogP contribution in [0.1, 0.15) is 44.2 Å². The molecule has 0 N–H and O–H groups in total. The first-order chi connectivity index (χ1) is 22.8. The number of pyridine rings is 1. The Morgan fingerprint density at radius 1 is 1.11 bits per heavy atom. The van der Waals surface area contributed by atoms with Crippen LogP contribution in [-0.2, 0) is 16.6 Å². The second kappa shape index (κ2) is 12.6. The van der Waals surface area contributed by atoms with Gasteiger partial charge in [0.1, 0.15) is 22.8 Å². The van der Waals surface area contributed by atoms with E-state index < -0.39 is 5.82 Å². The van der Waals surface area contributed by atoms with Crippen molar-refractivity contribution >= 4 is 38.7 Å². The molecule has 7 rings (SSSR count). The highest BCUT2D eigenvalue weighted by Gasteiger charge is 2.32. The lowest BCUT2D eigenvalue weighted by molar-refractivity contribution is -0.127. The van der Waals surface area contributed by atoms with Crippen LogP contribution in [0.25, 0.3) is 44.1 Å². The summed E-state index contributed by atoms with van der Waals surface area (Å²) in [7, 11) is 5.57. The fraction of sp³-hybridized carbons (Fsp3) is 0.457. The van der Waals surface area contributed by atoms with Crippen molar-refractivity contribution in [3.05, 3.63) is 53.9 Å². The number of halogens is 1. The number of aromatic nitrogens is 6. The zero-order chi connectivity index (χ0) is 32.8. The van der Waals surface area contributed by atoms with Gasteiger partial charge in [0.15, 0.2) is 11.3 Å². The van der Waals surface area contributed by atoms with Crippen LogP contribution in [0.2, 0.25) is 0 Å². The zero-order valence-corrected chi connectivity index (χ0v) is 27.6. The smallest absolute Gasteiger partial charge is 0.246 e. The summed E-state index contributed by atoms with van der Waals surface area (Å²) in [6.07, 6.45) is 6.59. The molecule has 0 spiro atoms. The number of para-hydroxylation sites is 1. The quantitative estimate of drug-likeness (QED) is 0.213. The average Bonchev–Trinajstić information content (AvgIpc) is 3.79. The van der Waals surface area contributed by atoms with Gasteiger partial charge in [0.25, 0.3) is 0 Å². The lowest BCUT2D eigenvalue weighted by Gasteiger charge is -2.31. The molecule has 0 aliphatic carbocycles. The largest absolute Gasteiger partial charge is 0.471 e. The van der Waals surface area contributed by atoms with Crippen molar-refractivity contribution in [2.45, 2.75) is 57.7 Å². The van der Waals surface area contributed by atoms with Crippen molar-refractivity contribution in [2.24, 2.45) is 7.05 Å². The van der Waals surface area contributed by atoms with Crippen LogP contribution in [-0.4, -0.2) is 98.0 Å². The molecular formula is C35H41FN8O3. The van der Waals surface area contributed by atoms with E-state index in [-0.39, 0.29) is 35.5 Å². The third-order valence-corrected chi connectivity index (χ3v) is 9.86. The summed E-state index contributed by atoms with van der Waals surface area (Å²) in [6.45, 7) is 6.49. The molecule has 2 saturated heterocycles. The van der Waals surface area contributed by atoms with E-state index in [2.05, 4.69) is 22.3 Å². The van der Waals surface area contributed by atoms with Gasteiger partial charge in [-0.2, -0.15) is 5.10 Å². The molecule has 5 heterocycles. The summed E-state index contributed by atoms with van der Waals surface area (Å²) in [5, 5.41) is 15.5. The Morgan fingerprint density at radius 2 is 1.89 bits per heavy atom. The Kier molecular flexibility index (Phi) is 8.39. The lowest BCUT2D eigenvalue weighted by Crippen LogP contribution is -2.38. The number of piperidine rings is 1. The summed E-state index contributed by atoms with van der Waals surface area (Å²) in [5.41, 5.74) is 4.07. The minimum atomic E-state index is -0.447. The van der Waals surface area contributed by atoms with E-state index in [0.29, 0.717) is 60.2 Å². The number of carbonyl (C=O) groups is 1. The Morgan fingerprint density at radius 3 is 2.64 bits per heavy atom. The van der Waals surface area contributed by atoms with E-state index in [1.165, 1.54) is 0 Å². The number of rotatable bonds is 8. The van der Waals surface area contributed by atoms with E-state index in [0.717, 1.165) is 35.9 Å². The maximum Gasteiger partial charge on any atom is 0.246 e. The van der Waals surface area contributed by atoms with Crippen molar-refractivity contribution in [3.8, 4) is 17.1 Å². The van der Waals surface area contributed by atoms with E-state index in [4.69, 9.17) is 19.6 Å². The van der Waals surface area contributed by atoms with Gasteiger partial charge in [0, 0.05) is 55.7 Å². The fourth-order valence-corrected chi connectivity index (χ4v) is 7.39. The molecule has 12 heteroatoms. The van der Waals surface area contributed by atoms with Crippen LogP contribution >= 0.6 is 0 Å². The predicted octanol–water partition coefficient (Wildman–Crippen LogP) is 5.21. The molecule has 0 radical (unpaired) electrons. The van der Waals surface area contributed by atoms with E-state index in [9.17, 15) is 4.79 Å². The summed E-state index contributed by atoms with van der Waals surface area (Å²) >= 11 is 0. The Labute approximate surface area is 272 Å². The standard InChI is InChI=1S/C35H41FN8O3/c1-21-20-25-32(30(36)29(21)31-24-10-6-7-11-27(24)42(4)39-31)37-35(47-22(2)26-12-8-16-41(26)3)33-34(25)44(40-38-33)23-14-17-43(18-15-23)28(45)13-9-19-46-5/h6-7,9-11,13,20,22-23,26H,8,12,14-19H2,1-5H3/b13-9+/t22-,26?/m0/s1. The first kappa shape index (κ1) is 31.2. The minimum absolute atomic E-state index is 0.0348. The maximum atomic E-state index is 17.0. The molecule has 2 atom stereocenters. The zero-order valence-electron chi connectivity index (χ0n) is 27.6. The first-order valence-electron chi connectivity index (χ1n) is 16.4. The number of methoxy groups -OCH3 is 1. The van der Waals surface area contributed by atoms with E-state index >= 15 is 4.39 Å². The molecule has 3 aromatic heterocycles. The van der Waals surface area contributed by atoms with Gasteiger partial charge in [-0.05, 0) is 70.8 Å². The molecule has 1 unspecified atom stereocenters. The number of aryl methyl sites for hydroxylation is 2. The van der Waals surface area contributed by atoms with E-state index in [1.54, 1.807) is 23.9 Å².